The van der Waals surface area contributed by atoms with Crippen molar-refractivity contribution in [3.63, 3.8) is 0 Å². The molecule has 0 aliphatic carbocycles. The molecule has 0 bridgehead atoms. The fourth-order valence-electron chi connectivity index (χ4n) is 4.48. The summed E-state index contributed by atoms with van der Waals surface area (Å²) in [5, 5.41) is 1.13. The van der Waals surface area contributed by atoms with Gasteiger partial charge in [0.25, 0.3) is 0 Å². The number of fused-ring (bicyclic) bond motifs is 2. The summed E-state index contributed by atoms with van der Waals surface area (Å²) in [5.74, 6) is 1.27. The molecule has 6 heteroatoms. The van der Waals surface area contributed by atoms with Crippen LogP contribution in [0.4, 0.5) is 11.5 Å². The number of hydrogen-bond donors (Lipinski definition) is 0. The SMILES string of the molecule is CCc1cc2c(N3CCC[C@@H](C(=O)N4CCc5ccccc54)C3)ncnc2s1. The maximum Gasteiger partial charge on any atom is 0.231 e. The molecule has 2 aromatic heterocycles. The molecule has 0 spiro atoms. The van der Waals surface area contributed by atoms with Gasteiger partial charge in [-0.1, -0.05) is 25.1 Å². The van der Waals surface area contributed by atoms with Gasteiger partial charge in [0.05, 0.1) is 11.3 Å². The van der Waals surface area contributed by atoms with Gasteiger partial charge in [-0.05, 0) is 43.4 Å². The third-order valence-electron chi connectivity index (χ3n) is 5.93. The molecule has 2 aliphatic heterocycles. The molecular weight excluding hydrogens is 368 g/mol. The lowest BCUT2D eigenvalue weighted by Gasteiger charge is -2.35. The lowest BCUT2D eigenvalue weighted by Crippen LogP contribution is -2.45. The Morgan fingerprint density at radius 1 is 1.25 bits per heavy atom. The Morgan fingerprint density at radius 2 is 2.14 bits per heavy atom. The molecule has 5 rings (SSSR count). The van der Waals surface area contributed by atoms with Crippen LogP contribution in [0.2, 0.25) is 0 Å². The van der Waals surface area contributed by atoms with Crippen molar-refractivity contribution in [3.8, 4) is 0 Å². The lowest BCUT2D eigenvalue weighted by atomic mass is 9.96. The highest BCUT2D eigenvalue weighted by Gasteiger charge is 2.33. The summed E-state index contributed by atoms with van der Waals surface area (Å²) >= 11 is 1.74. The minimum atomic E-state index is 0.0224. The zero-order valence-electron chi connectivity index (χ0n) is 16.1. The van der Waals surface area contributed by atoms with E-state index in [2.05, 4.69) is 46.1 Å². The number of piperidine rings is 1. The summed E-state index contributed by atoms with van der Waals surface area (Å²) in [6, 6.07) is 10.5. The average molecular weight is 393 g/mol. The summed E-state index contributed by atoms with van der Waals surface area (Å²) in [6.07, 6.45) is 5.60. The van der Waals surface area contributed by atoms with Gasteiger partial charge in [0.2, 0.25) is 5.91 Å². The van der Waals surface area contributed by atoms with E-state index in [1.807, 2.05) is 11.0 Å². The highest BCUT2D eigenvalue weighted by Crippen LogP contribution is 2.34. The van der Waals surface area contributed by atoms with Gasteiger partial charge >= 0.3 is 0 Å². The van der Waals surface area contributed by atoms with Crippen molar-refractivity contribution in [1.29, 1.82) is 0 Å². The van der Waals surface area contributed by atoms with Gasteiger partial charge in [0.15, 0.2) is 0 Å². The Labute approximate surface area is 169 Å². The standard InChI is InChI=1S/C22H24N4OS/c1-2-17-12-18-20(23-14-24-21(18)28-17)25-10-5-7-16(13-25)22(27)26-11-9-15-6-3-4-8-19(15)26/h3-4,6,8,12,14,16H,2,5,7,9-11,13H2,1H3/t16-/m1/s1. The van der Waals surface area contributed by atoms with Crippen molar-refractivity contribution in [2.75, 3.05) is 29.4 Å². The molecule has 1 fully saturated rings. The topological polar surface area (TPSA) is 49.3 Å². The molecule has 1 atom stereocenters. The van der Waals surface area contributed by atoms with E-state index in [0.29, 0.717) is 0 Å². The number of aryl methyl sites for hydroxylation is 1. The number of carbonyl (C=O) groups is 1. The second-order valence-corrected chi connectivity index (χ2v) is 8.75. The monoisotopic (exact) mass is 392 g/mol. The van der Waals surface area contributed by atoms with E-state index in [0.717, 1.165) is 67.0 Å². The molecule has 1 amide bonds. The molecule has 0 radical (unpaired) electrons. The normalized spacial score (nSPS) is 19.2. The Morgan fingerprint density at radius 3 is 3.04 bits per heavy atom. The molecule has 1 saturated heterocycles. The fourth-order valence-corrected chi connectivity index (χ4v) is 5.41. The number of amides is 1. The Bertz CT molecular complexity index is 1030. The van der Waals surface area contributed by atoms with Gasteiger partial charge in [-0.3, -0.25) is 4.79 Å². The molecule has 0 N–H and O–H groups in total. The molecule has 0 unspecified atom stereocenters. The quantitative estimate of drug-likeness (QED) is 0.674. The number of aromatic nitrogens is 2. The van der Waals surface area contributed by atoms with Crippen LogP contribution in [-0.2, 0) is 17.6 Å². The molecule has 4 heterocycles. The van der Waals surface area contributed by atoms with E-state index in [-0.39, 0.29) is 11.8 Å². The van der Waals surface area contributed by atoms with Crippen LogP contribution in [0.1, 0.15) is 30.2 Å². The number of nitrogens with zero attached hydrogens (tertiary/aromatic N) is 4. The number of anilines is 2. The highest BCUT2D eigenvalue weighted by molar-refractivity contribution is 7.18. The Hall–Kier alpha value is -2.47. The molecule has 0 saturated carbocycles. The van der Waals surface area contributed by atoms with E-state index >= 15 is 0 Å². The number of hydrogen-bond acceptors (Lipinski definition) is 5. The second kappa shape index (κ2) is 7.17. The number of benzene rings is 1. The van der Waals surface area contributed by atoms with E-state index in [1.165, 1.54) is 10.4 Å². The van der Waals surface area contributed by atoms with Crippen LogP contribution in [0.25, 0.3) is 10.2 Å². The second-order valence-electron chi connectivity index (χ2n) is 7.64. The van der Waals surface area contributed by atoms with E-state index < -0.39 is 0 Å². The molecule has 144 valence electrons. The van der Waals surface area contributed by atoms with Crippen LogP contribution in [0.3, 0.4) is 0 Å². The first-order chi connectivity index (χ1) is 13.7. The van der Waals surface area contributed by atoms with Crippen LogP contribution in [-0.4, -0.2) is 35.5 Å². The molecule has 3 aromatic rings. The maximum atomic E-state index is 13.3. The number of para-hydroxylation sites is 1. The molecule has 1 aromatic carbocycles. The van der Waals surface area contributed by atoms with Gasteiger partial charge in [0, 0.05) is 30.2 Å². The third-order valence-corrected chi connectivity index (χ3v) is 7.12. The van der Waals surface area contributed by atoms with Gasteiger partial charge in [-0.2, -0.15) is 0 Å². The minimum Gasteiger partial charge on any atom is -0.355 e. The van der Waals surface area contributed by atoms with Crippen molar-refractivity contribution < 1.29 is 4.79 Å². The van der Waals surface area contributed by atoms with E-state index in [9.17, 15) is 4.79 Å². The minimum absolute atomic E-state index is 0.0224. The number of carbonyl (C=O) groups excluding carboxylic acids is 1. The van der Waals surface area contributed by atoms with Gasteiger partial charge in [0.1, 0.15) is 17.0 Å². The molecule has 2 aliphatic rings. The fraction of sp³-hybridized carbons (Fsp3) is 0.409. The largest absolute Gasteiger partial charge is 0.355 e. The number of rotatable bonds is 3. The van der Waals surface area contributed by atoms with Crippen molar-refractivity contribution in [3.05, 3.63) is 47.1 Å². The molecule has 5 nitrogen and oxygen atoms in total. The lowest BCUT2D eigenvalue weighted by molar-refractivity contribution is -0.122. The predicted octanol–water partition coefficient (Wildman–Crippen LogP) is 4.06. The van der Waals surface area contributed by atoms with Crippen molar-refractivity contribution in [2.24, 2.45) is 5.92 Å². The molecular formula is C22H24N4OS. The van der Waals surface area contributed by atoms with Crippen molar-refractivity contribution in [2.45, 2.75) is 32.6 Å². The summed E-state index contributed by atoms with van der Waals surface area (Å²) in [5.41, 5.74) is 2.38. The van der Waals surface area contributed by atoms with E-state index in [1.54, 1.807) is 17.7 Å². The summed E-state index contributed by atoms with van der Waals surface area (Å²) < 4.78 is 0. The van der Waals surface area contributed by atoms with Crippen LogP contribution < -0.4 is 9.80 Å². The first kappa shape index (κ1) is 17.6. The Balaban J connectivity index is 1.40. The van der Waals surface area contributed by atoms with Gasteiger partial charge in [-0.25, -0.2) is 9.97 Å². The Kier molecular flexibility index (Phi) is 4.51. The smallest absolute Gasteiger partial charge is 0.231 e. The van der Waals surface area contributed by atoms with Crippen molar-refractivity contribution in [1.82, 2.24) is 9.97 Å². The zero-order valence-corrected chi connectivity index (χ0v) is 16.9. The van der Waals surface area contributed by atoms with Crippen LogP contribution in [0, 0.1) is 5.92 Å². The average Bonchev–Trinajstić information content (AvgIpc) is 3.37. The van der Waals surface area contributed by atoms with Crippen molar-refractivity contribution >= 4 is 39.0 Å². The summed E-state index contributed by atoms with van der Waals surface area (Å²) in [4.78, 5) is 29.0. The van der Waals surface area contributed by atoms with Gasteiger partial charge < -0.3 is 9.80 Å². The van der Waals surface area contributed by atoms with Crippen LogP contribution in [0.15, 0.2) is 36.7 Å². The first-order valence-electron chi connectivity index (χ1n) is 10.1. The first-order valence-corrected chi connectivity index (χ1v) is 10.9. The summed E-state index contributed by atoms with van der Waals surface area (Å²) in [7, 11) is 0. The predicted molar refractivity (Wildman–Crippen MR) is 114 cm³/mol. The van der Waals surface area contributed by atoms with Gasteiger partial charge in [-0.15, -0.1) is 11.3 Å². The van der Waals surface area contributed by atoms with Crippen LogP contribution in [0.5, 0.6) is 0 Å². The number of thiophene rings is 1. The highest BCUT2D eigenvalue weighted by atomic mass is 32.1. The molecule has 28 heavy (non-hydrogen) atoms. The van der Waals surface area contributed by atoms with E-state index in [4.69, 9.17) is 0 Å². The summed E-state index contributed by atoms with van der Waals surface area (Å²) in [6.45, 7) is 4.66. The maximum absolute atomic E-state index is 13.3. The third kappa shape index (κ3) is 2.96. The van der Waals surface area contributed by atoms with Crippen LogP contribution >= 0.6 is 11.3 Å². The zero-order chi connectivity index (χ0) is 19.1.